The molecule has 0 amide bonds. The van der Waals surface area contributed by atoms with Crippen LogP contribution in [0.4, 0.5) is 0 Å². The van der Waals surface area contributed by atoms with Gasteiger partial charge in [0.15, 0.2) is 5.78 Å². The van der Waals surface area contributed by atoms with Crippen molar-refractivity contribution >= 4 is 13.4 Å². The first-order chi connectivity index (χ1) is 8.18. The van der Waals surface area contributed by atoms with E-state index in [1.165, 1.54) is 13.8 Å². The fourth-order valence-corrected chi connectivity index (χ4v) is 2.71. The Bertz CT molecular complexity index is 465. The first-order valence-corrected chi connectivity index (χ1v) is 7.37. The van der Waals surface area contributed by atoms with E-state index in [0.717, 1.165) is 0 Å². The zero-order chi connectivity index (χ0) is 14.0. The Kier molecular flexibility index (Phi) is 4.49. The molecule has 0 saturated heterocycles. The number of rotatable bonds is 5. The fraction of sp³-hybridized carbons (Fsp3) is 0.462. The van der Waals surface area contributed by atoms with Gasteiger partial charge in [-0.25, -0.2) is 0 Å². The Hall–Kier alpha value is -0.960. The molecule has 1 unspecified atom stereocenters. The minimum Gasteiger partial charge on any atom is -0.324 e. The quantitative estimate of drug-likeness (QED) is 0.659. The molecule has 0 saturated carbocycles. The van der Waals surface area contributed by atoms with Gasteiger partial charge in [0, 0.05) is 5.56 Å². The summed E-state index contributed by atoms with van der Waals surface area (Å²) in [4.78, 5) is 22.2. The predicted octanol–water partition coefficient (Wildman–Crippen LogP) is 3.26. The Morgan fingerprint density at radius 1 is 1.28 bits per heavy atom. The topological polar surface area (TPSA) is 63.6 Å². The molecular weight excluding hydrogens is 251 g/mol. The SMILES string of the molecule is CC(C)OP(=O)(O)C(C)(C)C(=O)c1ccccc1. The number of hydrogen-bond acceptors (Lipinski definition) is 3. The van der Waals surface area contributed by atoms with Crippen LogP contribution in [0, 0.1) is 0 Å². The van der Waals surface area contributed by atoms with Crippen LogP contribution < -0.4 is 0 Å². The highest BCUT2D eigenvalue weighted by Crippen LogP contribution is 2.57. The molecule has 0 aliphatic carbocycles. The smallest absolute Gasteiger partial charge is 0.324 e. The lowest BCUT2D eigenvalue weighted by Crippen LogP contribution is -2.33. The highest BCUT2D eigenvalue weighted by atomic mass is 31.2. The van der Waals surface area contributed by atoms with Crippen molar-refractivity contribution in [3.8, 4) is 0 Å². The van der Waals surface area contributed by atoms with Gasteiger partial charge in [0.1, 0.15) is 5.16 Å². The van der Waals surface area contributed by atoms with E-state index in [0.29, 0.717) is 5.56 Å². The largest absolute Gasteiger partial charge is 0.341 e. The average Bonchev–Trinajstić information content (AvgIpc) is 2.27. The van der Waals surface area contributed by atoms with Crippen molar-refractivity contribution in [2.24, 2.45) is 0 Å². The van der Waals surface area contributed by atoms with Crippen LogP contribution in [-0.2, 0) is 9.09 Å². The molecule has 4 nitrogen and oxygen atoms in total. The van der Waals surface area contributed by atoms with Crippen LogP contribution in [0.25, 0.3) is 0 Å². The third-order valence-corrected chi connectivity index (χ3v) is 4.98. The second kappa shape index (κ2) is 5.35. The van der Waals surface area contributed by atoms with Gasteiger partial charge < -0.3 is 9.42 Å². The minimum atomic E-state index is -4.02. The molecule has 0 heterocycles. The molecule has 1 atom stereocenters. The second-order valence-electron chi connectivity index (χ2n) is 4.93. The lowest BCUT2D eigenvalue weighted by molar-refractivity contribution is 0.0924. The summed E-state index contributed by atoms with van der Waals surface area (Å²) in [5, 5.41) is -1.46. The van der Waals surface area contributed by atoms with Gasteiger partial charge >= 0.3 is 7.60 Å². The number of carbonyl (C=O) groups excluding carboxylic acids is 1. The van der Waals surface area contributed by atoms with Gasteiger partial charge in [-0.05, 0) is 27.7 Å². The predicted molar refractivity (Wildman–Crippen MR) is 70.9 cm³/mol. The van der Waals surface area contributed by atoms with Gasteiger partial charge in [0.05, 0.1) is 6.10 Å². The van der Waals surface area contributed by atoms with Crippen LogP contribution in [0.3, 0.4) is 0 Å². The van der Waals surface area contributed by atoms with Crippen molar-refractivity contribution in [3.63, 3.8) is 0 Å². The summed E-state index contributed by atoms with van der Waals surface area (Å²) < 4.78 is 17.2. The van der Waals surface area contributed by atoms with E-state index in [1.807, 2.05) is 0 Å². The zero-order valence-electron chi connectivity index (χ0n) is 11.1. The van der Waals surface area contributed by atoms with Crippen LogP contribution in [0.5, 0.6) is 0 Å². The van der Waals surface area contributed by atoms with Crippen molar-refractivity contribution in [1.82, 2.24) is 0 Å². The van der Waals surface area contributed by atoms with Crippen LogP contribution in [-0.4, -0.2) is 21.9 Å². The highest BCUT2D eigenvalue weighted by Gasteiger charge is 2.47. The summed E-state index contributed by atoms with van der Waals surface area (Å²) in [6.07, 6.45) is -0.413. The van der Waals surface area contributed by atoms with Crippen molar-refractivity contribution in [2.45, 2.75) is 39.0 Å². The average molecular weight is 270 g/mol. The van der Waals surface area contributed by atoms with Crippen molar-refractivity contribution in [2.75, 3.05) is 0 Å². The molecule has 0 aliphatic rings. The molecule has 1 aromatic carbocycles. The molecule has 1 rings (SSSR count). The summed E-state index contributed by atoms with van der Waals surface area (Å²) in [5.41, 5.74) is 0.407. The van der Waals surface area contributed by atoms with E-state index in [4.69, 9.17) is 4.52 Å². The number of ketones is 1. The monoisotopic (exact) mass is 270 g/mol. The molecule has 1 aromatic rings. The molecule has 1 N–H and O–H groups in total. The molecule has 0 bridgehead atoms. The summed E-state index contributed by atoms with van der Waals surface area (Å²) in [6, 6.07) is 8.47. The van der Waals surface area contributed by atoms with Crippen molar-refractivity contribution in [3.05, 3.63) is 35.9 Å². The van der Waals surface area contributed by atoms with E-state index in [9.17, 15) is 14.3 Å². The van der Waals surface area contributed by atoms with Crippen LogP contribution >= 0.6 is 7.60 Å². The van der Waals surface area contributed by atoms with Crippen LogP contribution in [0.1, 0.15) is 38.1 Å². The lowest BCUT2D eigenvalue weighted by Gasteiger charge is -2.29. The molecule has 0 aliphatic heterocycles. The van der Waals surface area contributed by atoms with Gasteiger partial charge in [0.25, 0.3) is 0 Å². The summed E-state index contributed by atoms with van der Waals surface area (Å²) in [6.45, 7) is 6.19. The Balaban J connectivity index is 3.07. The standard InChI is InChI=1S/C13H19O4P/c1-10(2)17-18(15,16)13(3,4)12(14)11-8-6-5-7-9-11/h5-10H,1-4H3,(H,15,16). The van der Waals surface area contributed by atoms with E-state index >= 15 is 0 Å². The normalized spacial score (nSPS) is 15.4. The van der Waals surface area contributed by atoms with Crippen molar-refractivity contribution < 1.29 is 18.8 Å². The maximum Gasteiger partial charge on any atom is 0.341 e. The molecule has 0 fully saturated rings. The molecular formula is C13H19O4P. The summed E-state index contributed by atoms with van der Waals surface area (Å²) in [7, 11) is -4.02. The lowest BCUT2D eigenvalue weighted by atomic mass is 10.0. The van der Waals surface area contributed by atoms with Gasteiger partial charge in [-0.15, -0.1) is 0 Å². The summed E-state index contributed by atoms with van der Waals surface area (Å²) >= 11 is 0. The van der Waals surface area contributed by atoms with Crippen LogP contribution in [0.15, 0.2) is 30.3 Å². The third kappa shape index (κ3) is 3.08. The zero-order valence-corrected chi connectivity index (χ0v) is 12.0. The van der Waals surface area contributed by atoms with E-state index in [-0.39, 0.29) is 0 Å². The van der Waals surface area contributed by atoms with Crippen LogP contribution in [0.2, 0.25) is 0 Å². The molecule has 100 valence electrons. The second-order valence-corrected chi connectivity index (χ2v) is 7.30. The number of carbonyl (C=O) groups is 1. The minimum absolute atomic E-state index is 0.394. The number of Topliss-reactive ketones (excluding diaryl/α,β-unsaturated/α-hetero) is 1. The first kappa shape index (κ1) is 15.1. The Labute approximate surface area is 108 Å². The van der Waals surface area contributed by atoms with Gasteiger partial charge in [-0.2, -0.15) is 0 Å². The first-order valence-electron chi connectivity index (χ1n) is 5.79. The fourth-order valence-electron chi connectivity index (χ4n) is 1.49. The molecule has 0 aromatic heterocycles. The summed E-state index contributed by atoms with van der Waals surface area (Å²) in [5.74, 6) is -0.394. The van der Waals surface area contributed by atoms with E-state index < -0.39 is 24.6 Å². The highest BCUT2D eigenvalue weighted by molar-refractivity contribution is 7.55. The van der Waals surface area contributed by atoms with E-state index in [1.54, 1.807) is 44.2 Å². The molecule has 0 radical (unpaired) electrons. The molecule has 18 heavy (non-hydrogen) atoms. The Morgan fingerprint density at radius 2 is 1.78 bits per heavy atom. The van der Waals surface area contributed by atoms with Gasteiger partial charge in [0.2, 0.25) is 0 Å². The number of hydrogen-bond donors (Lipinski definition) is 1. The van der Waals surface area contributed by atoms with E-state index in [2.05, 4.69) is 0 Å². The van der Waals surface area contributed by atoms with Crippen molar-refractivity contribution in [1.29, 1.82) is 0 Å². The Morgan fingerprint density at radius 3 is 2.22 bits per heavy atom. The van der Waals surface area contributed by atoms with Gasteiger partial charge in [-0.3, -0.25) is 9.36 Å². The molecule has 0 spiro atoms. The number of benzene rings is 1. The maximum absolute atomic E-state index is 12.3. The van der Waals surface area contributed by atoms with Gasteiger partial charge in [-0.1, -0.05) is 30.3 Å². The molecule has 5 heteroatoms. The third-order valence-electron chi connectivity index (χ3n) is 2.65. The maximum atomic E-state index is 12.3.